The molecule has 0 aliphatic rings. The van der Waals surface area contributed by atoms with Gasteiger partial charge in [0.25, 0.3) is 5.91 Å². The first-order chi connectivity index (χ1) is 9.06. The molecule has 2 rings (SSSR count). The molecule has 0 aliphatic heterocycles. The van der Waals surface area contributed by atoms with Gasteiger partial charge in [-0.05, 0) is 24.3 Å². The summed E-state index contributed by atoms with van der Waals surface area (Å²) in [6, 6.07) is 11.8. The van der Waals surface area contributed by atoms with E-state index in [0.717, 1.165) is 23.9 Å². The molecule has 0 aliphatic carbocycles. The third kappa shape index (κ3) is 3.28. The van der Waals surface area contributed by atoms with E-state index >= 15 is 0 Å². The van der Waals surface area contributed by atoms with Crippen LogP contribution in [0.1, 0.15) is 10.4 Å². The highest BCUT2D eigenvalue weighted by Gasteiger charge is 2.11. The summed E-state index contributed by atoms with van der Waals surface area (Å²) in [5.41, 5.74) is 3.22. The van der Waals surface area contributed by atoms with E-state index in [1.54, 1.807) is 19.2 Å². The molecular weight excluding hydrogens is 250 g/mol. The maximum Gasteiger partial charge on any atom is 0.269 e. The fourth-order valence-electron chi connectivity index (χ4n) is 1.62. The molecule has 2 aromatic rings. The second-order valence-corrected chi connectivity index (χ2v) is 3.99. The molecule has 3 nitrogen and oxygen atoms in total. The van der Waals surface area contributed by atoms with Crippen molar-refractivity contribution >= 4 is 11.6 Å². The average molecular weight is 262 g/mol. The van der Waals surface area contributed by atoms with Crippen LogP contribution in [-0.2, 0) is 0 Å². The minimum absolute atomic E-state index is 0.0692. The van der Waals surface area contributed by atoms with Crippen LogP contribution in [-0.4, -0.2) is 13.0 Å². The summed E-state index contributed by atoms with van der Waals surface area (Å²) in [5, 5.41) is 1.48. The number of hydrogen-bond donors (Lipinski definition) is 1. The van der Waals surface area contributed by atoms with Gasteiger partial charge in [-0.3, -0.25) is 15.2 Å². The number of carbonyl (C=O) groups excluding carboxylic acids is 1. The molecule has 0 spiro atoms. The maximum absolute atomic E-state index is 13.0. The molecule has 0 radical (unpaired) electrons. The molecule has 0 aromatic heterocycles. The Morgan fingerprint density at radius 2 is 1.63 bits per heavy atom. The molecule has 0 saturated carbocycles. The second-order valence-electron chi connectivity index (χ2n) is 3.99. The van der Waals surface area contributed by atoms with Crippen LogP contribution >= 0.6 is 0 Å². The average Bonchev–Trinajstić information content (AvgIpc) is 2.38. The highest BCUT2D eigenvalue weighted by molar-refractivity contribution is 5.95. The summed E-state index contributed by atoms with van der Waals surface area (Å²) in [6.45, 7) is 0. The number of benzene rings is 2. The molecule has 1 N–H and O–H groups in total. The number of hydrogen-bond acceptors (Lipinski definition) is 2. The molecular formula is C14H12F2N2O. The van der Waals surface area contributed by atoms with E-state index in [1.807, 2.05) is 18.2 Å². The fourth-order valence-corrected chi connectivity index (χ4v) is 1.62. The van der Waals surface area contributed by atoms with Crippen molar-refractivity contribution in [1.82, 2.24) is 5.43 Å². The predicted molar refractivity (Wildman–Crippen MR) is 68.7 cm³/mol. The molecule has 0 saturated heterocycles. The monoisotopic (exact) mass is 262 g/mol. The highest BCUT2D eigenvalue weighted by Crippen LogP contribution is 2.11. The summed E-state index contributed by atoms with van der Waals surface area (Å²) in [4.78, 5) is 11.8. The minimum Gasteiger partial charge on any atom is -0.288 e. The van der Waals surface area contributed by atoms with Crippen molar-refractivity contribution < 1.29 is 13.6 Å². The molecule has 2 aromatic carbocycles. The van der Waals surface area contributed by atoms with Crippen LogP contribution in [0.2, 0.25) is 0 Å². The van der Waals surface area contributed by atoms with Gasteiger partial charge in [0.05, 0.1) is 5.69 Å². The topological polar surface area (TPSA) is 32.3 Å². The Kier molecular flexibility index (Phi) is 3.75. The first-order valence-corrected chi connectivity index (χ1v) is 5.62. The van der Waals surface area contributed by atoms with Crippen LogP contribution in [0.4, 0.5) is 14.5 Å². The van der Waals surface area contributed by atoms with Gasteiger partial charge in [0.15, 0.2) is 0 Å². The number of halogens is 2. The highest BCUT2D eigenvalue weighted by atomic mass is 19.1. The van der Waals surface area contributed by atoms with Crippen molar-refractivity contribution in [3.8, 4) is 0 Å². The van der Waals surface area contributed by atoms with Gasteiger partial charge in [-0.15, -0.1) is 0 Å². The Morgan fingerprint density at radius 1 is 1.05 bits per heavy atom. The Hall–Kier alpha value is -2.43. The summed E-state index contributed by atoms with van der Waals surface area (Å²) in [6.07, 6.45) is 0. The molecule has 19 heavy (non-hydrogen) atoms. The summed E-state index contributed by atoms with van der Waals surface area (Å²) < 4.78 is 26.0. The largest absolute Gasteiger partial charge is 0.288 e. The van der Waals surface area contributed by atoms with Gasteiger partial charge in [-0.1, -0.05) is 18.2 Å². The zero-order chi connectivity index (χ0) is 13.8. The lowest BCUT2D eigenvalue weighted by Gasteiger charge is -2.20. The number of para-hydroxylation sites is 1. The number of nitrogens with zero attached hydrogens (tertiary/aromatic N) is 1. The zero-order valence-electron chi connectivity index (χ0n) is 10.2. The predicted octanol–water partition coefficient (Wildman–Crippen LogP) is 2.75. The molecule has 0 heterocycles. The van der Waals surface area contributed by atoms with Gasteiger partial charge in [0.2, 0.25) is 0 Å². The molecule has 0 fully saturated rings. The van der Waals surface area contributed by atoms with E-state index in [-0.39, 0.29) is 5.56 Å². The first kappa shape index (κ1) is 13.0. The van der Waals surface area contributed by atoms with Crippen molar-refractivity contribution in [3.63, 3.8) is 0 Å². The summed E-state index contributed by atoms with van der Waals surface area (Å²) in [5.74, 6) is -2.15. The standard InChI is InChI=1S/C14H12F2N2O/c1-18(13-5-3-2-4-6-13)17-14(19)10-7-11(15)9-12(16)8-10/h2-9H,1H3,(H,17,19). The fraction of sp³-hybridized carbons (Fsp3) is 0.0714. The second kappa shape index (κ2) is 5.48. The van der Waals surface area contributed by atoms with Crippen LogP contribution in [0.25, 0.3) is 0 Å². The van der Waals surface area contributed by atoms with Crippen molar-refractivity contribution in [2.45, 2.75) is 0 Å². The van der Waals surface area contributed by atoms with Crippen molar-refractivity contribution in [1.29, 1.82) is 0 Å². The number of amides is 1. The lowest BCUT2D eigenvalue weighted by molar-refractivity contribution is 0.0950. The Balaban J connectivity index is 2.13. The van der Waals surface area contributed by atoms with Crippen LogP contribution in [0.5, 0.6) is 0 Å². The maximum atomic E-state index is 13.0. The van der Waals surface area contributed by atoms with Crippen LogP contribution < -0.4 is 10.4 Å². The Labute approximate surface area is 109 Å². The zero-order valence-corrected chi connectivity index (χ0v) is 10.2. The quantitative estimate of drug-likeness (QED) is 0.863. The lowest BCUT2D eigenvalue weighted by atomic mass is 10.2. The van der Waals surface area contributed by atoms with E-state index in [0.29, 0.717) is 0 Å². The Morgan fingerprint density at radius 3 is 2.21 bits per heavy atom. The lowest BCUT2D eigenvalue weighted by Crippen LogP contribution is -2.39. The van der Waals surface area contributed by atoms with Crippen molar-refractivity contribution in [3.05, 3.63) is 65.7 Å². The van der Waals surface area contributed by atoms with E-state index in [4.69, 9.17) is 0 Å². The third-order valence-electron chi connectivity index (χ3n) is 2.54. The smallest absolute Gasteiger partial charge is 0.269 e. The van der Waals surface area contributed by atoms with Crippen LogP contribution in [0, 0.1) is 11.6 Å². The minimum atomic E-state index is -0.785. The van der Waals surface area contributed by atoms with Gasteiger partial charge in [-0.2, -0.15) is 0 Å². The summed E-state index contributed by atoms with van der Waals surface area (Å²) >= 11 is 0. The number of carbonyl (C=O) groups is 1. The van der Waals surface area contributed by atoms with Crippen LogP contribution in [0.3, 0.4) is 0 Å². The molecule has 0 atom stereocenters. The van der Waals surface area contributed by atoms with Gasteiger partial charge < -0.3 is 0 Å². The van der Waals surface area contributed by atoms with E-state index < -0.39 is 17.5 Å². The van der Waals surface area contributed by atoms with Crippen LogP contribution in [0.15, 0.2) is 48.5 Å². The number of anilines is 1. The normalized spacial score (nSPS) is 10.1. The third-order valence-corrected chi connectivity index (χ3v) is 2.54. The van der Waals surface area contributed by atoms with Gasteiger partial charge in [0, 0.05) is 18.7 Å². The number of nitrogens with one attached hydrogen (secondary N) is 1. The van der Waals surface area contributed by atoms with Gasteiger partial charge in [-0.25, -0.2) is 8.78 Å². The molecule has 1 amide bonds. The molecule has 98 valence electrons. The van der Waals surface area contributed by atoms with E-state index in [1.165, 1.54) is 5.01 Å². The van der Waals surface area contributed by atoms with Gasteiger partial charge in [0.1, 0.15) is 11.6 Å². The van der Waals surface area contributed by atoms with Crippen molar-refractivity contribution in [2.24, 2.45) is 0 Å². The number of rotatable bonds is 3. The van der Waals surface area contributed by atoms with Gasteiger partial charge >= 0.3 is 0 Å². The first-order valence-electron chi connectivity index (χ1n) is 5.62. The molecule has 0 unspecified atom stereocenters. The molecule has 5 heteroatoms. The van der Waals surface area contributed by atoms with E-state index in [2.05, 4.69) is 5.43 Å². The molecule has 0 bridgehead atoms. The van der Waals surface area contributed by atoms with E-state index in [9.17, 15) is 13.6 Å². The number of hydrazine groups is 1. The summed E-state index contributed by atoms with van der Waals surface area (Å²) in [7, 11) is 1.64. The SMILES string of the molecule is CN(NC(=O)c1cc(F)cc(F)c1)c1ccccc1. The Bertz CT molecular complexity index is 567. The van der Waals surface area contributed by atoms with Crippen molar-refractivity contribution in [2.75, 3.05) is 12.1 Å².